The van der Waals surface area contributed by atoms with Crippen LogP contribution in [0, 0.1) is 6.92 Å². The summed E-state index contributed by atoms with van der Waals surface area (Å²) in [4.78, 5) is 7.80. The van der Waals surface area contributed by atoms with Gasteiger partial charge in [0.15, 0.2) is 9.84 Å². The fraction of sp³-hybridized carbons (Fsp3) is 0.438. The molecule has 1 aliphatic heterocycles. The zero-order valence-electron chi connectivity index (χ0n) is 12.8. The highest BCUT2D eigenvalue weighted by molar-refractivity contribution is 7.91. The van der Waals surface area contributed by atoms with E-state index in [0.717, 1.165) is 23.5 Å². The molecule has 1 unspecified atom stereocenters. The number of sulfone groups is 1. The lowest BCUT2D eigenvalue weighted by Gasteiger charge is -2.21. The second kappa shape index (κ2) is 6.10. The normalized spacial score (nSPS) is 20.6. The van der Waals surface area contributed by atoms with Crippen LogP contribution in [0.5, 0.6) is 0 Å². The minimum atomic E-state index is -2.83. The lowest BCUT2D eigenvalue weighted by atomic mass is 10.2. The van der Waals surface area contributed by atoms with Crippen LogP contribution in [0.1, 0.15) is 16.9 Å². The minimum absolute atomic E-state index is 0.134. The van der Waals surface area contributed by atoms with Crippen molar-refractivity contribution in [1.82, 2.24) is 9.88 Å². The molecule has 2 heterocycles. The smallest absolute Gasteiger partial charge is 0.151 e. The van der Waals surface area contributed by atoms with Gasteiger partial charge in [0.1, 0.15) is 5.01 Å². The molecule has 0 saturated carbocycles. The van der Waals surface area contributed by atoms with Crippen LogP contribution in [-0.2, 0) is 16.4 Å². The highest BCUT2D eigenvalue weighted by atomic mass is 32.2. The summed E-state index contributed by atoms with van der Waals surface area (Å²) in [6, 6.07) is 8.49. The Kier molecular flexibility index (Phi) is 4.34. The molecule has 1 saturated heterocycles. The molecule has 6 heteroatoms. The van der Waals surface area contributed by atoms with Gasteiger partial charge in [-0.3, -0.25) is 4.90 Å². The van der Waals surface area contributed by atoms with Crippen molar-refractivity contribution in [1.29, 1.82) is 0 Å². The van der Waals surface area contributed by atoms with Gasteiger partial charge in [0.25, 0.3) is 0 Å². The van der Waals surface area contributed by atoms with Crippen molar-refractivity contribution >= 4 is 21.2 Å². The Balaban J connectivity index is 1.68. The van der Waals surface area contributed by atoms with Gasteiger partial charge in [0.05, 0.1) is 11.5 Å². The Morgan fingerprint density at radius 3 is 2.68 bits per heavy atom. The van der Waals surface area contributed by atoms with Gasteiger partial charge in [0, 0.05) is 29.2 Å². The highest BCUT2D eigenvalue weighted by Gasteiger charge is 2.30. The number of thiazole rings is 1. The van der Waals surface area contributed by atoms with Gasteiger partial charge in [-0.1, -0.05) is 29.8 Å². The number of hydrogen-bond acceptors (Lipinski definition) is 5. The Morgan fingerprint density at radius 1 is 1.32 bits per heavy atom. The van der Waals surface area contributed by atoms with E-state index in [1.807, 2.05) is 13.2 Å². The molecule has 1 aliphatic rings. The van der Waals surface area contributed by atoms with Gasteiger partial charge >= 0.3 is 0 Å². The summed E-state index contributed by atoms with van der Waals surface area (Å²) in [7, 11) is -0.832. The maximum atomic E-state index is 11.6. The largest absolute Gasteiger partial charge is 0.297 e. The summed E-state index contributed by atoms with van der Waals surface area (Å²) in [5.74, 6) is 0.604. The van der Waals surface area contributed by atoms with E-state index in [4.69, 9.17) is 0 Å². The predicted molar refractivity (Wildman–Crippen MR) is 90.8 cm³/mol. The second-order valence-corrected chi connectivity index (χ2v) is 9.31. The van der Waals surface area contributed by atoms with Gasteiger partial charge in [-0.15, -0.1) is 11.3 Å². The van der Waals surface area contributed by atoms with Gasteiger partial charge in [-0.2, -0.15) is 0 Å². The van der Waals surface area contributed by atoms with Crippen LogP contribution in [0.15, 0.2) is 30.5 Å². The first-order chi connectivity index (χ1) is 10.4. The van der Waals surface area contributed by atoms with Crippen LogP contribution in [0.4, 0.5) is 0 Å². The molecule has 0 radical (unpaired) electrons. The molecule has 1 atom stereocenters. The van der Waals surface area contributed by atoms with Gasteiger partial charge in [-0.25, -0.2) is 13.4 Å². The first kappa shape index (κ1) is 15.6. The third kappa shape index (κ3) is 3.56. The highest BCUT2D eigenvalue weighted by Crippen LogP contribution is 2.27. The average molecular weight is 336 g/mol. The van der Waals surface area contributed by atoms with E-state index in [1.165, 1.54) is 10.4 Å². The fourth-order valence-electron chi connectivity index (χ4n) is 2.71. The van der Waals surface area contributed by atoms with Crippen molar-refractivity contribution in [3.05, 3.63) is 40.9 Å². The standard InChI is InChI=1S/C16H20N2O2S2/c1-12-3-5-13(6-4-12)16-17-9-15(21-16)10-18(2)14-7-8-22(19,20)11-14/h3-6,9,14H,7-8,10-11H2,1-2H3. The Morgan fingerprint density at radius 2 is 2.05 bits per heavy atom. The molecule has 22 heavy (non-hydrogen) atoms. The molecule has 0 spiro atoms. The number of aromatic nitrogens is 1. The molecule has 2 aromatic rings. The summed E-state index contributed by atoms with van der Waals surface area (Å²) >= 11 is 1.68. The molecular weight excluding hydrogens is 316 g/mol. The molecule has 0 N–H and O–H groups in total. The summed E-state index contributed by atoms with van der Waals surface area (Å²) in [6.45, 7) is 2.82. The molecule has 1 aromatic heterocycles. The van der Waals surface area contributed by atoms with Crippen LogP contribution in [0.25, 0.3) is 10.6 Å². The molecule has 0 amide bonds. The van der Waals surface area contributed by atoms with E-state index >= 15 is 0 Å². The molecule has 0 aliphatic carbocycles. The predicted octanol–water partition coefficient (Wildman–Crippen LogP) is 2.74. The zero-order chi connectivity index (χ0) is 15.7. The maximum absolute atomic E-state index is 11.6. The van der Waals surface area contributed by atoms with Crippen LogP contribution < -0.4 is 0 Å². The fourth-order valence-corrected chi connectivity index (χ4v) is 5.49. The monoisotopic (exact) mass is 336 g/mol. The molecule has 4 nitrogen and oxygen atoms in total. The van der Waals surface area contributed by atoms with Crippen LogP contribution in [0.2, 0.25) is 0 Å². The summed E-state index contributed by atoms with van der Waals surface area (Å²) in [5.41, 5.74) is 2.37. The topological polar surface area (TPSA) is 50.3 Å². The van der Waals surface area contributed by atoms with Crippen LogP contribution in [0.3, 0.4) is 0 Å². The summed E-state index contributed by atoms with van der Waals surface area (Å²) in [5, 5.41) is 1.02. The van der Waals surface area contributed by atoms with Crippen molar-refractivity contribution in [2.75, 3.05) is 18.6 Å². The van der Waals surface area contributed by atoms with Gasteiger partial charge in [-0.05, 0) is 20.4 Å². The van der Waals surface area contributed by atoms with E-state index < -0.39 is 9.84 Å². The number of aryl methyl sites for hydroxylation is 1. The molecule has 1 aromatic carbocycles. The maximum Gasteiger partial charge on any atom is 0.151 e. The van der Waals surface area contributed by atoms with Gasteiger partial charge in [0.2, 0.25) is 0 Å². The zero-order valence-corrected chi connectivity index (χ0v) is 14.5. The Bertz CT molecular complexity index is 751. The van der Waals surface area contributed by atoms with E-state index in [0.29, 0.717) is 5.75 Å². The lowest BCUT2D eigenvalue weighted by Crippen LogP contribution is -2.31. The molecule has 1 fully saturated rings. The third-order valence-electron chi connectivity index (χ3n) is 4.09. The van der Waals surface area contributed by atoms with E-state index in [1.54, 1.807) is 11.3 Å². The summed E-state index contributed by atoms with van der Waals surface area (Å²) < 4.78 is 23.2. The summed E-state index contributed by atoms with van der Waals surface area (Å²) in [6.07, 6.45) is 2.64. The number of hydrogen-bond donors (Lipinski definition) is 0. The number of benzene rings is 1. The van der Waals surface area contributed by atoms with Gasteiger partial charge < -0.3 is 0 Å². The van der Waals surface area contributed by atoms with Crippen molar-refractivity contribution in [3.63, 3.8) is 0 Å². The quantitative estimate of drug-likeness (QED) is 0.861. The Hall–Kier alpha value is -1.24. The number of rotatable bonds is 4. The molecule has 0 bridgehead atoms. The average Bonchev–Trinajstić information content (AvgIpc) is 3.06. The van der Waals surface area contributed by atoms with E-state index in [-0.39, 0.29) is 11.8 Å². The van der Waals surface area contributed by atoms with Crippen molar-refractivity contribution in [3.8, 4) is 10.6 Å². The van der Waals surface area contributed by atoms with Crippen molar-refractivity contribution < 1.29 is 8.42 Å². The minimum Gasteiger partial charge on any atom is -0.297 e. The molecular formula is C16H20N2O2S2. The first-order valence-electron chi connectivity index (χ1n) is 7.35. The van der Waals surface area contributed by atoms with E-state index in [2.05, 4.69) is 41.1 Å². The molecule has 118 valence electrons. The molecule has 3 rings (SSSR count). The van der Waals surface area contributed by atoms with E-state index in [9.17, 15) is 8.42 Å². The third-order valence-corrected chi connectivity index (χ3v) is 6.87. The van der Waals surface area contributed by atoms with Crippen molar-refractivity contribution in [2.45, 2.75) is 25.9 Å². The van der Waals surface area contributed by atoms with Crippen molar-refractivity contribution in [2.24, 2.45) is 0 Å². The SMILES string of the molecule is Cc1ccc(-c2ncc(CN(C)C3CCS(=O)(=O)C3)s2)cc1. The second-order valence-electron chi connectivity index (χ2n) is 5.97. The first-order valence-corrected chi connectivity index (χ1v) is 9.99. The number of nitrogens with zero attached hydrogens (tertiary/aromatic N) is 2. The van der Waals surface area contributed by atoms with Crippen LogP contribution >= 0.6 is 11.3 Å². The Labute approximate surface area is 135 Å². The van der Waals surface area contributed by atoms with Crippen LogP contribution in [-0.4, -0.2) is 42.9 Å². The lowest BCUT2D eigenvalue weighted by molar-refractivity contribution is 0.256.